The highest BCUT2D eigenvalue weighted by molar-refractivity contribution is 6.30. The summed E-state index contributed by atoms with van der Waals surface area (Å²) in [6.45, 7) is 0.258. The van der Waals surface area contributed by atoms with Crippen LogP contribution in [0.15, 0.2) is 72.3 Å². The molecule has 0 spiro atoms. The molecule has 0 aliphatic carbocycles. The number of ether oxygens (including phenoxy) is 3. The highest BCUT2D eigenvalue weighted by Crippen LogP contribution is 2.33. The topological polar surface area (TPSA) is 80.6 Å². The molecule has 1 N–H and O–H groups in total. The maximum atomic E-state index is 12.8. The minimum atomic E-state index is -0.566. The molecule has 162 valence electrons. The summed E-state index contributed by atoms with van der Waals surface area (Å²) in [6, 6.07) is 21.4. The Bertz CT molecular complexity index is 1170. The fraction of sp³-hybridized carbons (Fsp3) is 0.120. The SMILES string of the molecule is COc1ccccc1NC(=O)/C(C#N)=C\c1cccc(OC)c1OCc1ccc(Cl)cc1. The van der Waals surface area contributed by atoms with Gasteiger partial charge in [0.15, 0.2) is 11.5 Å². The Hall–Kier alpha value is -3.95. The van der Waals surface area contributed by atoms with E-state index >= 15 is 0 Å². The lowest BCUT2D eigenvalue weighted by molar-refractivity contribution is -0.112. The minimum absolute atomic E-state index is 0.0968. The largest absolute Gasteiger partial charge is 0.495 e. The molecule has 0 heterocycles. The number of carbonyl (C=O) groups is 1. The number of hydrogen-bond donors (Lipinski definition) is 1. The maximum absolute atomic E-state index is 12.8. The number of methoxy groups -OCH3 is 2. The lowest BCUT2D eigenvalue weighted by atomic mass is 10.1. The molecule has 0 aliphatic heterocycles. The number of carbonyl (C=O) groups excluding carboxylic acids is 1. The number of benzene rings is 3. The molecule has 7 heteroatoms. The third-order valence-corrected chi connectivity index (χ3v) is 4.80. The van der Waals surface area contributed by atoms with Gasteiger partial charge in [0.2, 0.25) is 0 Å². The van der Waals surface area contributed by atoms with Crippen molar-refractivity contribution in [2.75, 3.05) is 19.5 Å². The number of para-hydroxylation sites is 3. The molecule has 3 aromatic carbocycles. The molecular weight excluding hydrogens is 428 g/mol. The van der Waals surface area contributed by atoms with Gasteiger partial charge in [-0.05, 0) is 42.0 Å². The first-order chi connectivity index (χ1) is 15.5. The van der Waals surface area contributed by atoms with Crippen molar-refractivity contribution in [3.05, 3.63) is 88.5 Å². The van der Waals surface area contributed by atoms with Gasteiger partial charge in [0.05, 0.1) is 19.9 Å². The number of nitrogens with zero attached hydrogens (tertiary/aromatic N) is 1. The van der Waals surface area contributed by atoms with Crippen LogP contribution in [-0.2, 0) is 11.4 Å². The molecule has 3 rings (SSSR count). The average Bonchev–Trinajstić information content (AvgIpc) is 2.82. The van der Waals surface area contributed by atoms with E-state index in [1.165, 1.54) is 20.3 Å². The van der Waals surface area contributed by atoms with E-state index in [1.807, 2.05) is 18.2 Å². The lowest BCUT2D eigenvalue weighted by Gasteiger charge is -2.14. The second kappa shape index (κ2) is 10.9. The summed E-state index contributed by atoms with van der Waals surface area (Å²) in [5.41, 5.74) is 1.81. The van der Waals surface area contributed by atoms with Crippen LogP contribution in [0.2, 0.25) is 5.02 Å². The van der Waals surface area contributed by atoms with Gasteiger partial charge in [0.1, 0.15) is 24.0 Å². The highest BCUT2D eigenvalue weighted by atomic mass is 35.5. The number of hydrogen-bond acceptors (Lipinski definition) is 5. The van der Waals surface area contributed by atoms with Crippen LogP contribution < -0.4 is 19.5 Å². The molecule has 0 radical (unpaired) electrons. The van der Waals surface area contributed by atoms with Crippen molar-refractivity contribution in [1.29, 1.82) is 5.26 Å². The van der Waals surface area contributed by atoms with E-state index in [2.05, 4.69) is 5.32 Å². The fourth-order valence-electron chi connectivity index (χ4n) is 2.94. The van der Waals surface area contributed by atoms with E-state index in [-0.39, 0.29) is 12.2 Å². The molecular formula is C25H21ClN2O4. The summed E-state index contributed by atoms with van der Waals surface area (Å²) in [5, 5.41) is 13.0. The lowest BCUT2D eigenvalue weighted by Crippen LogP contribution is -2.14. The van der Waals surface area contributed by atoms with Gasteiger partial charge in [0.25, 0.3) is 5.91 Å². The van der Waals surface area contributed by atoms with Crippen molar-refractivity contribution in [1.82, 2.24) is 0 Å². The first kappa shape index (κ1) is 22.7. The Kier molecular flexibility index (Phi) is 7.74. The van der Waals surface area contributed by atoms with Crippen LogP contribution in [0.3, 0.4) is 0 Å². The molecule has 0 unspecified atom stereocenters. The first-order valence-electron chi connectivity index (χ1n) is 9.66. The number of rotatable bonds is 8. The quantitative estimate of drug-likeness (QED) is 0.364. The molecule has 32 heavy (non-hydrogen) atoms. The molecule has 0 aliphatic rings. The fourth-order valence-corrected chi connectivity index (χ4v) is 3.07. The molecule has 3 aromatic rings. The minimum Gasteiger partial charge on any atom is -0.495 e. The van der Waals surface area contributed by atoms with Gasteiger partial charge in [-0.15, -0.1) is 0 Å². The first-order valence-corrected chi connectivity index (χ1v) is 10.0. The molecule has 0 saturated carbocycles. The monoisotopic (exact) mass is 448 g/mol. The molecule has 1 amide bonds. The second-order valence-electron chi connectivity index (χ2n) is 6.62. The van der Waals surface area contributed by atoms with Crippen molar-refractivity contribution in [2.24, 2.45) is 0 Å². The zero-order chi connectivity index (χ0) is 22.9. The van der Waals surface area contributed by atoms with Crippen molar-refractivity contribution >= 4 is 29.3 Å². The molecule has 0 fully saturated rings. The van der Waals surface area contributed by atoms with Crippen LogP contribution in [0.4, 0.5) is 5.69 Å². The molecule has 0 saturated heterocycles. The standard InChI is InChI=1S/C25H21ClN2O4/c1-30-22-8-4-3-7-21(22)28-25(29)19(15-27)14-18-6-5-9-23(31-2)24(18)32-16-17-10-12-20(26)13-11-17/h3-14H,16H2,1-2H3,(H,28,29)/b19-14-. The van der Waals surface area contributed by atoms with Crippen LogP contribution in [0.25, 0.3) is 6.08 Å². The Balaban J connectivity index is 1.88. The third kappa shape index (κ3) is 5.60. The molecule has 0 atom stereocenters. The molecule has 6 nitrogen and oxygen atoms in total. The summed E-state index contributed by atoms with van der Waals surface area (Å²) in [7, 11) is 3.03. The Morgan fingerprint density at radius 3 is 2.38 bits per heavy atom. The van der Waals surface area contributed by atoms with Gasteiger partial charge in [-0.25, -0.2) is 0 Å². The van der Waals surface area contributed by atoms with E-state index in [4.69, 9.17) is 25.8 Å². The van der Waals surface area contributed by atoms with Crippen LogP contribution in [0.1, 0.15) is 11.1 Å². The van der Waals surface area contributed by atoms with Crippen molar-refractivity contribution < 1.29 is 19.0 Å². The zero-order valence-corrected chi connectivity index (χ0v) is 18.3. The smallest absolute Gasteiger partial charge is 0.266 e. The van der Waals surface area contributed by atoms with Gasteiger partial charge < -0.3 is 19.5 Å². The van der Waals surface area contributed by atoms with Crippen LogP contribution in [0.5, 0.6) is 17.2 Å². The van der Waals surface area contributed by atoms with Crippen LogP contribution in [-0.4, -0.2) is 20.1 Å². The Morgan fingerprint density at radius 2 is 1.69 bits per heavy atom. The predicted molar refractivity (Wildman–Crippen MR) is 124 cm³/mol. The summed E-state index contributed by atoms with van der Waals surface area (Å²) in [4.78, 5) is 12.8. The van der Waals surface area contributed by atoms with E-state index in [1.54, 1.807) is 54.6 Å². The van der Waals surface area contributed by atoms with E-state index in [0.29, 0.717) is 33.5 Å². The summed E-state index contributed by atoms with van der Waals surface area (Å²) >= 11 is 5.94. The van der Waals surface area contributed by atoms with Crippen LogP contribution in [0, 0.1) is 11.3 Å². The van der Waals surface area contributed by atoms with E-state index in [9.17, 15) is 10.1 Å². The van der Waals surface area contributed by atoms with E-state index < -0.39 is 5.91 Å². The van der Waals surface area contributed by atoms with Gasteiger partial charge in [-0.2, -0.15) is 5.26 Å². The highest BCUT2D eigenvalue weighted by Gasteiger charge is 2.15. The number of nitriles is 1. The second-order valence-corrected chi connectivity index (χ2v) is 7.05. The summed E-state index contributed by atoms with van der Waals surface area (Å²) in [6.07, 6.45) is 1.46. The number of nitrogens with one attached hydrogen (secondary N) is 1. The Labute approximate surface area is 191 Å². The van der Waals surface area contributed by atoms with Crippen molar-refractivity contribution in [2.45, 2.75) is 6.61 Å². The predicted octanol–water partition coefficient (Wildman–Crippen LogP) is 5.48. The molecule has 0 aromatic heterocycles. The van der Waals surface area contributed by atoms with Crippen molar-refractivity contribution in [3.8, 4) is 23.3 Å². The van der Waals surface area contributed by atoms with Crippen LogP contribution >= 0.6 is 11.6 Å². The van der Waals surface area contributed by atoms with E-state index in [0.717, 1.165) is 5.56 Å². The number of anilines is 1. The van der Waals surface area contributed by atoms with Gasteiger partial charge in [-0.3, -0.25) is 4.79 Å². The zero-order valence-electron chi connectivity index (χ0n) is 17.6. The average molecular weight is 449 g/mol. The molecule has 0 bridgehead atoms. The van der Waals surface area contributed by atoms with Gasteiger partial charge in [-0.1, -0.05) is 48.0 Å². The normalized spacial score (nSPS) is 10.8. The van der Waals surface area contributed by atoms with Crippen molar-refractivity contribution in [3.63, 3.8) is 0 Å². The number of amides is 1. The van der Waals surface area contributed by atoms with Gasteiger partial charge >= 0.3 is 0 Å². The summed E-state index contributed by atoms with van der Waals surface area (Å²) in [5.74, 6) is 0.827. The summed E-state index contributed by atoms with van der Waals surface area (Å²) < 4.78 is 16.7. The number of halogens is 1. The third-order valence-electron chi connectivity index (χ3n) is 4.55. The maximum Gasteiger partial charge on any atom is 0.266 e. The van der Waals surface area contributed by atoms with Gasteiger partial charge in [0, 0.05) is 10.6 Å². The Morgan fingerprint density at radius 1 is 1.00 bits per heavy atom.